The van der Waals surface area contributed by atoms with Crippen LogP contribution in [0.4, 0.5) is 11.5 Å². The van der Waals surface area contributed by atoms with Gasteiger partial charge in [-0.15, -0.1) is 5.10 Å². The Morgan fingerprint density at radius 3 is 2.66 bits per heavy atom. The molecule has 10 heteroatoms. The summed E-state index contributed by atoms with van der Waals surface area (Å²) in [5.74, 6) is 0.138. The molecule has 166 valence electrons. The maximum Gasteiger partial charge on any atom is 0.267 e. The van der Waals surface area contributed by atoms with Gasteiger partial charge in [-0.25, -0.2) is 9.67 Å². The monoisotopic (exact) mass is 472 g/mol. The van der Waals surface area contributed by atoms with E-state index in [1.54, 1.807) is 24.3 Å². The Labute approximate surface area is 195 Å². The van der Waals surface area contributed by atoms with Crippen LogP contribution in [-0.2, 0) is 0 Å². The van der Waals surface area contributed by atoms with Gasteiger partial charge in [0.15, 0.2) is 11.6 Å². The Balaban J connectivity index is 1.71. The zero-order valence-corrected chi connectivity index (χ0v) is 19.0. The van der Waals surface area contributed by atoms with Gasteiger partial charge in [0.05, 0.1) is 16.3 Å². The number of nitrogens with one attached hydrogen (secondary N) is 2. The fourth-order valence-corrected chi connectivity index (χ4v) is 4.00. The number of nitrogens with two attached hydrogens (primary N) is 1. The minimum atomic E-state index is -0.698. The number of anilines is 2. The van der Waals surface area contributed by atoms with Gasteiger partial charge >= 0.3 is 0 Å². The second kappa shape index (κ2) is 8.80. The number of benzene rings is 1. The molecule has 0 saturated heterocycles. The zero-order chi connectivity index (χ0) is 23.0. The van der Waals surface area contributed by atoms with Crippen molar-refractivity contribution < 1.29 is 9.59 Å². The summed E-state index contributed by atoms with van der Waals surface area (Å²) >= 11 is 12.5. The molecule has 1 atom stereocenters. The molecule has 0 aliphatic heterocycles. The summed E-state index contributed by atoms with van der Waals surface area (Å²) < 4.78 is 1.27. The highest BCUT2D eigenvalue weighted by molar-refractivity contribution is 6.32. The van der Waals surface area contributed by atoms with Gasteiger partial charge in [0, 0.05) is 23.3 Å². The summed E-state index contributed by atoms with van der Waals surface area (Å²) in [5, 5.41) is 11.4. The molecule has 32 heavy (non-hydrogen) atoms. The summed E-state index contributed by atoms with van der Waals surface area (Å²) in [7, 11) is 0. The lowest BCUT2D eigenvalue weighted by molar-refractivity contribution is 0.0935. The first kappa shape index (κ1) is 22.1. The second-order valence-corrected chi connectivity index (χ2v) is 8.71. The van der Waals surface area contributed by atoms with Crippen molar-refractivity contribution in [3.63, 3.8) is 0 Å². The smallest absolute Gasteiger partial charge is 0.267 e. The highest BCUT2D eigenvalue weighted by Gasteiger charge is 2.30. The van der Waals surface area contributed by atoms with Crippen LogP contribution in [0.2, 0.25) is 10.0 Å². The molecule has 4 N–H and O–H groups in total. The van der Waals surface area contributed by atoms with Gasteiger partial charge in [-0.3, -0.25) is 9.59 Å². The molecule has 1 fully saturated rings. The van der Waals surface area contributed by atoms with Crippen molar-refractivity contribution in [2.24, 2.45) is 11.7 Å². The van der Waals surface area contributed by atoms with E-state index in [1.165, 1.54) is 16.9 Å². The molecule has 0 bridgehead atoms. The van der Waals surface area contributed by atoms with E-state index in [4.69, 9.17) is 28.9 Å². The van der Waals surface area contributed by atoms with Crippen molar-refractivity contribution in [3.05, 3.63) is 63.4 Å². The molecule has 0 radical (unpaired) electrons. The molecule has 1 saturated carbocycles. The quantitative estimate of drug-likeness (QED) is 0.475. The highest BCUT2D eigenvalue weighted by Crippen LogP contribution is 2.33. The first-order valence-corrected chi connectivity index (χ1v) is 10.9. The van der Waals surface area contributed by atoms with Crippen LogP contribution >= 0.6 is 23.2 Å². The summed E-state index contributed by atoms with van der Waals surface area (Å²) in [6.07, 6.45) is 3.77. The van der Waals surface area contributed by atoms with E-state index >= 15 is 0 Å². The normalized spacial score (nSPS) is 14.1. The highest BCUT2D eigenvalue weighted by atomic mass is 35.5. The van der Waals surface area contributed by atoms with Gasteiger partial charge in [0.2, 0.25) is 0 Å². The Kier molecular flexibility index (Phi) is 6.08. The minimum absolute atomic E-state index is 0.0709. The summed E-state index contributed by atoms with van der Waals surface area (Å²) in [5.41, 5.74) is 7.29. The van der Waals surface area contributed by atoms with Crippen molar-refractivity contribution in [2.75, 3.05) is 5.32 Å². The van der Waals surface area contributed by atoms with E-state index in [0.717, 1.165) is 18.4 Å². The van der Waals surface area contributed by atoms with Crippen molar-refractivity contribution in [1.82, 2.24) is 20.1 Å². The number of rotatable bonds is 7. The number of hydrogen-bond donors (Lipinski definition) is 3. The number of aromatic nitrogens is 3. The average Bonchev–Trinajstić information content (AvgIpc) is 3.50. The van der Waals surface area contributed by atoms with Gasteiger partial charge in [-0.05, 0) is 62.4 Å². The number of halogens is 2. The minimum Gasteiger partial charge on any atom is -0.364 e. The van der Waals surface area contributed by atoms with E-state index in [2.05, 4.69) is 20.7 Å². The van der Waals surface area contributed by atoms with E-state index in [-0.39, 0.29) is 23.5 Å². The van der Waals surface area contributed by atoms with Crippen LogP contribution in [0.15, 0.2) is 36.5 Å². The topological polar surface area (TPSA) is 115 Å². The molecule has 3 aromatic rings. The number of amides is 2. The first-order valence-electron chi connectivity index (χ1n) is 10.1. The summed E-state index contributed by atoms with van der Waals surface area (Å²) in [6, 6.07) is 8.21. The van der Waals surface area contributed by atoms with Crippen LogP contribution in [-0.4, -0.2) is 32.6 Å². The number of carbonyl (C=O) groups excluding carboxylic acids is 2. The third-order valence-corrected chi connectivity index (χ3v) is 5.90. The van der Waals surface area contributed by atoms with Crippen LogP contribution in [0.1, 0.15) is 46.2 Å². The SMILES string of the molecule is Cc1cc(Cl)cc(C(=O)NC(C)C2CC2)c1Nc1cc(C(N)=O)n(-c2ncccc2Cl)n1. The fraction of sp³-hybridized carbons (Fsp3) is 0.273. The Hall–Kier alpha value is -3.10. The second-order valence-electron chi connectivity index (χ2n) is 7.87. The lowest BCUT2D eigenvalue weighted by Crippen LogP contribution is -2.34. The Morgan fingerprint density at radius 2 is 2.00 bits per heavy atom. The third kappa shape index (κ3) is 4.56. The van der Waals surface area contributed by atoms with Crippen LogP contribution in [0.5, 0.6) is 0 Å². The molecule has 4 rings (SSSR count). The average molecular weight is 473 g/mol. The molecule has 1 unspecified atom stereocenters. The first-order chi connectivity index (χ1) is 15.2. The Bertz CT molecular complexity index is 1210. The maximum absolute atomic E-state index is 13.0. The Morgan fingerprint density at radius 1 is 1.25 bits per heavy atom. The molecule has 0 spiro atoms. The van der Waals surface area contributed by atoms with Gasteiger partial charge < -0.3 is 16.4 Å². The maximum atomic E-state index is 13.0. The van der Waals surface area contributed by atoms with Crippen LogP contribution in [0, 0.1) is 12.8 Å². The molecular formula is C22H22Cl2N6O2. The van der Waals surface area contributed by atoms with Gasteiger partial charge in [-0.2, -0.15) is 0 Å². The number of nitrogens with zero attached hydrogens (tertiary/aromatic N) is 3. The molecule has 2 aromatic heterocycles. The van der Waals surface area contributed by atoms with E-state index < -0.39 is 5.91 Å². The van der Waals surface area contributed by atoms with Crippen LogP contribution in [0.3, 0.4) is 0 Å². The summed E-state index contributed by atoms with van der Waals surface area (Å²) in [4.78, 5) is 29.2. The van der Waals surface area contributed by atoms with Crippen LogP contribution in [0.25, 0.3) is 5.82 Å². The lowest BCUT2D eigenvalue weighted by atomic mass is 10.1. The van der Waals surface area contributed by atoms with Crippen molar-refractivity contribution in [3.8, 4) is 5.82 Å². The molecule has 1 aromatic carbocycles. The van der Waals surface area contributed by atoms with Crippen molar-refractivity contribution in [1.29, 1.82) is 0 Å². The third-order valence-electron chi connectivity index (χ3n) is 5.39. The van der Waals surface area contributed by atoms with Crippen molar-refractivity contribution in [2.45, 2.75) is 32.7 Å². The molecular weight excluding hydrogens is 451 g/mol. The van der Waals surface area contributed by atoms with Gasteiger partial charge in [0.1, 0.15) is 5.69 Å². The number of primary amides is 1. The zero-order valence-electron chi connectivity index (χ0n) is 17.5. The summed E-state index contributed by atoms with van der Waals surface area (Å²) in [6.45, 7) is 3.83. The molecule has 2 amide bonds. The standard InChI is InChI=1S/C22H22Cl2N6O2/c1-11-8-14(23)9-15(22(32)27-12(2)13-5-6-13)19(11)28-18-10-17(20(25)31)30(29-18)21-16(24)4-3-7-26-21/h3-4,7-10,12-13H,5-6H2,1-2H3,(H2,25,31)(H,27,32)(H,28,29). The number of carbonyl (C=O) groups is 2. The van der Waals surface area contributed by atoms with Crippen molar-refractivity contribution >= 4 is 46.5 Å². The van der Waals surface area contributed by atoms with E-state index in [9.17, 15) is 9.59 Å². The number of pyridine rings is 1. The lowest BCUT2D eigenvalue weighted by Gasteiger charge is -2.17. The predicted molar refractivity (Wildman–Crippen MR) is 124 cm³/mol. The van der Waals surface area contributed by atoms with Gasteiger partial charge in [0.25, 0.3) is 11.8 Å². The molecule has 2 heterocycles. The van der Waals surface area contributed by atoms with Gasteiger partial charge in [-0.1, -0.05) is 23.2 Å². The molecule has 1 aliphatic carbocycles. The van der Waals surface area contributed by atoms with Crippen LogP contribution < -0.4 is 16.4 Å². The molecule has 8 nitrogen and oxygen atoms in total. The number of hydrogen-bond acceptors (Lipinski definition) is 5. The molecule has 1 aliphatic rings. The fourth-order valence-electron chi connectivity index (χ4n) is 3.53. The van der Waals surface area contributed by atoms with E-state index in [1.807, 2.05) is 13.8 Å². The largest absolute Gasteiger partial charge is 0.364 e. The van der Waals surface area contributed by atoms with E-state index in [0.29, 0.717) is 33.0 Å². The number of aryl methyl sites for hydroxylation is 1. The predicted octanol–water partition coefficient (Wildman–Crippen LogP) is 4.25.